The van der Waals surface area contributed by atoms with E-state index in [4.69, 9.17) is 30.5 Å². The minimum atomic E-state index is -0.904. The third-order valence-electron chi connectivity index (χ3n) is 7.69. The van der Waals surface area contributed by atoms with Gasteiger partial charge in [-0.15, -0.1) is 0 Å². The molecule has 3 aliphatic heterocycles. The average molecular weight is 594 g/mol. The van der Waals surface area contributed by atoms with Crippen molar-refractivity contribution in [3.8, 4) is 11.9 Å². The van der Waals surface area contributed by atoms with Gasteiger partial charge in [-0.2, -0.15) is 9.97 Å². The van der Waals surface area contributed by atoms with Gasteiger partial charge in [0, 0.05) is 37.8 Å². The summed E-state index contributed by atoms with van der Waals surface area (Å²) in [7, 11) is 0. The molecule has 0 radical (unpaired) electrons. The lowest BCUT2D eigenvalue weighted by molar-refractivity contribution is 0.00706. The van der Waals surface area contributed by atoms with Gasteiger partial charge in [-0.3, -0.25) is 9.69 Å². The monoisotopic (exact) mass is 593 g/mol. The van der Waals surface area contributed by atoms with E-state index in [1.165, 1.54) is 6.07 Å². The molecule has 2 aromatic heterocycles. The van der Waals surface area contributed by atoms with Crippen LogP contribution in [0, 0.1) is 11.6 Å². The predicted octanol–water partition coefficient (Wildman–Crippen LogP) is 2.54. The van der Waals surface area contributed by atoms with Gasteiger partial charge in [-0.05, 0) is 32.0 Å². The Hall–Kier alpha value is -3.10. The number of hydrogen-bond donors (Lipinski definition) is 2. The van der Waals surface area contributed by atoms with Crippen LogP contribution in [0.4, 0.5) is 8.78 Å². The van der Waals surface area contributed by atoms with E-state index in [9.17, 15) is 18.7 Å². The SMILES string of the molecule is CC(C)N1CCN(C(=O)c2cc(F)c(COc3nc4nc(O[C@@H]5COC6[C@H](O)CO[C@@H]65)[nH]c4cc3Cl)c(F)c2)CC1. The van der Waals surface area contributed by atoms with Crippen molar-refractivity contribution >= 4 is 28.7 Å². The van der Waals surface area contributed by atoms with E-state index in [-0.39, 0.29) is 46.9 Å². The van der Waals surface area contributed by atoms with Crippen LogP contribution in [0.1, 0.15) is 29.8 Å². The van der Waals surface area contributed by atoms with Gasteiger partial charge in [0.05, 0.1) is 24.3 Å². The molecule has 5 heterocycles. The molecule has 14 heteroatoms. The molecular formula is C27H30ClF2N5O6. The molecule has 0 spiro atoms. The Bertz CT molecular complexity index is 1430. The standard InChI is InChI=1S/C27H30ClF2N5O6/c1-13(2)34-3-5-35(6-4-34)26(37)14-7-17(29)15(18(30)8-14)10-40-25-16(28)9-19-24(32-25)33-27(31-19)41-21-12-39-22-20(36)11-38-23(21)22/h7-9,13,20-23,36H,3-6,10-12H2,1-2H3,(H,31,32,33)/t20-,21-,22?,23-/m1/s1. The van der Waals surface area contributed by atoms with E-state index in [0.717, 1.165) is 12.1 Å². The summed E-state index contributed by atoms with van der Waals surface area (Å²) in [6.45, 7) is 6.45. The number of ether oxygens (including phenoxy) is 4. The zero-order valence-electron chi connectivity index (χ0n) is 22.5. The smallest absolute Gasteiger partial charge is 0.296 e. The van der Waals surface area contributed by atoms with E-state index in [2.05, 4.69) is 33.7 Å². The van der Waals surface area contributed by atoms with Crippen molar-refractivity contribution in [3.05, 3.63) is 46.0 Å². The molecule has 3 aliphatic rings. The molecule has 0 saturated carbocycles. The summed E-state index contributed by atoms with van der Waals surface area (Å²) in [4.78, 5) is 28.3. The van der Waals surface area contributed by atoms with Crippen molar-refractivity contribution < 1.29 is 37.6 Å². The predicted molar refractivity (Wildman–Crippen MR) is 142 cm³/mol. The van der Waals surface area contributed by atoms with Crippen LogP contribution < -0.4 is 9.47 Å². The number of halogens is 3. The normalized spacial score (nSPS) is 24.8. The van der Waals surface area contributed by atoms with E-state index >= 15 is 0 Å². The van der Waals surface area contributed by atoms with Gasteiger partial charge in [0.1, 0.15) is 41.6 Å². The second kappa shape index (κ2) is 11.3. The number of aromatic nitrogens is 3. The highest BCUT2D eigenvalue weighted by atomic mass is 35.5. The van der Waals surface area contributed by atoms with Gasteiger partial charge in [0.25, 0.3) is 11.9 Å². The molecule has 4 atom stereocenters. The van der Waals surface area contributed by atoms with Gasteiger partial charge in [-0.1, -0.05) is 11.6 Å². The van der Waals surface area contributed by atoms with Crippen LogP contribution in [-0.2, 0) is 16.1 Å². The first-order valence-electron chi connectivity index (χ1n) is 13.5. The minimum Gasteiger partial charge on any atom is -0.471 e. The number of carbonyl (C=O) groups excluding carboxylic acids is 1. The second-order valence-electron chi connectivity index (χ2n) is 10.6. The van der Waals surface area contributed by atoms with Crippen LogP contribution in [0.3, 0.4) is 0 Å². The topological polar surface area (TPSA) is 122 Å². The van der Waals surface area contributed by atoms with Crippen LogP contribution in [0.5, 0.6) is 11.9 Å². The summed E-state index contributed by atoms with van der Waals surface area (Å²) in [5.41, 5.74) is 0.251. The fourth-order valence-corrected chi connectivity index (χ4v) is 5.56. The van der Waals surface area contributed by atoms with Gasteiger partial charge in [-0.25, -0.2) is 8.78 Å². The highest BCUT2D eigenvalue weighted by molar-refractivity contribution is 6.32. The second-order valence-corrected chi connectivity index (χ2v) is 11.0. The van der Waals surface area contributed by atoms with Crippen molar-refractivity contribution in [2.75, 3.05) is 39.4 Å². The molecule has 1 aromatic carbocycles. The number of aliphatic hydroxyl groups is 1. The van der Waals surface area contributed by atoms with Crippen molar-refractivity contribution in [1.82, 2.24) is 24.8 Å². The largest absolute Gasteiger partial charge is 0.471 e. The molecule has 1 unspecified atom stereocenters. The van der Waals surface area contributed by atoms with Gasteiger partial charge < -0.3 is 33.9 Å². The van der Waals surface area contributed by atoms with Crippen LogP contribution in [0.25, 0.3) is 11.2 Å². The molecule has 11 nitrogen and oxygen atoms in total. The molecule has 41 heavy (non-hydrogen) atoms. The van der Waals surface area contributed by atoms with E-state index in [1.807, 2.05) is 0 Å². The first-order chi connectivity index (χ1) is 19.7. The molecule has 3 saturated heterocycles. The summed E-state index contributed by atoms with van der Waals surface area (Å²) in [6.07, 6.45) is -2.06. The fraction of sp³-hybridized carbons (Fsp3) is 0.519. The first-order valence-corrected chi connectivity index (χ1v) is 13.8. The first kappa shape index (κ1) is 28.0. The van der Waals surface area contributed by atoms with Crippen LogP contribution in [0.15, 0.2) is 18.2 Å². The maximum Gasteiger partial charge on any atom is 0.296 e. The van der Waals surface area contributed by atoms with Crippen molar-refractivity contribution in [2.45, 2.75) is 50.9 Å². The highest BCUT2D eigenvalue weighted by Crippen LogP contribution is 2.32. The Morgan fingerprint density at radius 3 is 2.54 bits per heavy atom. The number of carbonyl (C=O) groups is 1. The lowest BCUT2D eigenvalue weighted by Crippen LogP contribution is -2.50. The molecule has 0 bridgehead atoms. The van der Waals surface area contributed by atoms with E-state index in [1.54, 1.807) is 4.90 Å². The molecule has 1 amide bonds. The number of benzene rings is 1. The Kier molecular flexibility index (Phi) is 7.72. The van der Waals surface area contributed by atoms with E-state index < -0.39 is 48.6 Å². The average Bonchev–Trinajstić information content (AvgIpc) is 3.64. The Labute approximate surface area is 239 Å². The van der Waals surface area contributed by atoms with Crippen molar-refractivity contribution in [1.29, 1.82) is 0 Å². The summed E-state index contributed by atoms with van der Waals surface area (Å²) >= 11 is 6.32. The number of nitrogens with zero attached hydrogens (tertiary/aromatic N) is 4. The number of nitrogens with one attached hydrogen (secondary N) is 1. The number of fused-ring (bicyclic) bond motifs is 2. The third kappa shape index (κ3) is 5.56. The quantitative estimate of drug-likeness (QED) is 0.425. The lowest BCUT2D eigenvalue weighted by atomic mass is 10.1. The number of rotatable bonds is 7. The summed E-state index contributed by atoms with van der Waals surface area (Å²) in [5, 5.41) is 10.00. The van der Waals surface area contributed by atoms with Gasteiger partial charge in [0.2, 0.25) is 5.88 Å². The molecule has 3 aromatic rings. The number of hydrogen-bond acceptors (Lipinski definition) is 9. The maximum absolute atomic E-state index is 15.0. The Balaban J connectivity index is 1.12. The zero-order valence-corrected chi connectivity index (χ0v) is 23.2. The lowest BCUT2D eigenvalue weighted by Gasteiger charge is -2.37. The third-order valence-corrected chi connectivity index (χ3v) is 7.96. The molecule has 2 N–H and O–H groups in total. The molecule has 0 aliphatic carbocycles. The summed E-state index contributed by atoms with van der Waals surface area (Å²) < 4.78 is 52.5. The number of imidazole rings is 1. The van der Waals surface area contributed by atoms with Crippen LogP contribution >= 0.6 is 11.6 Å². The molecular weight excluding hydrogens is 564 g/mol. The molecule has 220 valence electrons. The van der Waals surface area contributed by atoms with Gasteiger partial charge in [0.15, 0.2) is 11.8 Å². The number of aliphatic hydroxyl groups excluding tert-OH is 1. The fourth-order valence-electron chi connectivity index (χ4n) is 5.35. The minimum absolute atomic E-state index is 0.0557. The van der Waals surface area contributed by atoms with Crippen molar-refractivity contribution in [2.24, 2.45) is 0 Å². The molecule has 3 fully saturated rings. The summed E-state index contributed by atoms with van der Waals surface area (Å²) in [6, 6.07) is 4.07. The number of pyridine rings is 1. The number of amides is 1. The highest BCUT2D eigenvalue weighted by Gasteiger charge is 2.48. The Morgan fingerprint density at radius 1 is 1.12 bits per heavy atom. The zero-order chi connectivity index (χ0) is 28.8. The van der Waals surface area contributed by atoms with Crippen LogP contribution in [0.2, 0.25) is 5.02 Å². The van der Waals surface area contributed by atoms with Gasteiger partial charge >= 0.3 is 0 Å². The van der Waals surface area contributed by atoms with E-state index in [0.29, 0.717) is 37.7 Å². The van der Waals surface area contributed by atoms with Crippen LogP contribution in [-0.4, -0.2) is 106 Å². The maximum atomic E-state index is 15.0. The van der Waals surface area contributed by atoms with Crippen molar-refractivity contribution in [3.63, 3.8) is 0 Å². The number of H-pyrrole nitrogens is 1. The Morgan fingerprint density at radius 2 is 1.83 bits per heavy atom. The number of piperazine rings is 1. The summed E-state index contributed by atoms with van der Waals surface area (Å²) in [5.74, 6) is -2.30. The number of aromatic amines is 1. The molecule has 6 rings (SSSR count).